The number of benzene rings is 1. The lowest BCUT2D eigenvalue weighted by Crippen LogP contribution is -2.02. The Labute approximate surface area is 98.3 Å². The standard InChI is InChI=1S/C9H8Br2O3/c1-14-9-5(3-8(12)13)2-6(10)4-7(9)11/h2,4H,3H2,1H3,(H,12,13). The van der Waals surface area contributed by atoms with Crippen LogP contribution < -0.4 is 4.74 Å². The Morgan fingerprint density at radius 3 is 2.64 bits per heavy atom. The van der Waals surface area contributed by atoms with Crippen LogP contribution in [0.4, 0.5) is 0 Å². The van der Waals surface area contributed by atoms with Crippen LogP contribution in [0.15, 0.2) is 21.1 Å². The molecule has 0 fully saturated rings. The number of hydrogen-bond donors (Lipinski definition) is 1. The summed E-state index contributed by atoms with van der Waals surface area (Å²) in [5, 5.41) is 8.68. The fourth-order valence-electron chi connectivity index (χ4n) is 1.14. The number of carbonyl (C=O) groups is 1. The molecule has 0 aromatic heterocycles. The van der Waals surface area contributed by atoms with Crippen molar-refractivity contribution >= 4 is 37.8 Å². The lowest BCUT2D eigenvalue weighted by Gasteiger charge is -2.09. The minimum absolute atomic E-state index is 0.0544. The number of ether oxygens (including phenoxy) is 1. The highest BCUT2D eigenvalue weighted by Gasteiger charge is 2.11. The highest BCUT2D eigenvalue weighted by Crippen LogP contribution is 2.32. The Bertz CT molecular complexity index is 363. The van der Waals surface area contributed by atoms with Crippen LogP contribution in [0, 0.1) is 0 Å². The Morgan fingerprint density at radius 1 is 1.50 bits per heavy atom. The van der Waals surface area contributed by atoms with Gasteiger partial charge in [0.1, 0.15) is 5.75 Å². The Balaban J connectivity index is 3.17. The van der Waals surface area contributed by atoms with E-state index in [1.165, 1.54) is 7.11 Å². The van der Waals surface area contributed by atoms with Crippen molar-refractivity contribution in [2.45, 2.75) is 6.42 Å². The van der Waals surface area contributed by atoms with Crippen molar-refractivity contribution in [1.29, 1.82) is 0 Å². The van der Waals surface area contributed by atoms with Crippen molar-refractivity contribution in [3.63, 3.8) is 0 Å². The third-order valence-corrected chi connectivity index (χ3v) is 2.68. The minimum atomic E-state index is -0.881. The van der Waals surface area contributed by atoms with Gasteiger partial charge in [0, 0.05) is 10.0 Å². The maximum absolute atomic E-state index is 10.6. The molecule has 1 aromatic rings. The topological polar surface area (TPSA) is 46.5 Å². The molecule has 14 heavy (non-hydrogen) atoms. The van der Waals surface area contributed by atoms with Crippen molar-refractivity contribution in [1.82, 2.24) is 0 Å². The Kier molecular flexibility index (Phi) is 3.95. The molecule has 0 heterocycles. The monoisotopic (exact) mass is 322 g/mol. The fraction of sp³-hybridized carbons (Fsp3) is 0.222. The first-order valence-corrected chi connectivity index (χ1v) is 5.37. The van der Waals surface area contributed by atoms with Crippen molar-refractivity contribution < 1.29 is 14.6 Å². The van der Waals surface area contributed by atoms with E-state index in [9.17, 15) is 4.79 Å². The first-order valence-electron chi connectivity index (χ1n) is 3.78. The number of rotatable bonds is 3. The van der Waals surface area contributed by atoms with Crippen molar-refractivity contribution in [2.75, 3.05) is 7.11 Å². The molecule has 0 saturated heterocycles. The highest BCUT2D eigenvalue weighted by molar-refractivity contribution is 9.11. The maximum Gasteiger partial charge on any atom is 0.307 e. The highest BCUT2D eigenvalue weighted by atomic mass is 79.9. The molecule has 0 saturated carbocycles. The first-order chi connectivity index (χ1) is 6.54. The average Bonchev–Trinajstić information content (AvgIpc) is 2.01. The lowest BCUT2D eigenvalue weighted by atomic mass is 10.1. The van der Waals surface area contributed by atoms with Crippen LogP contribution in [0.5, 0.6) is 5.75 Å². The molecule has 1 rings (SSSR count). The number of hydrogen-bond acceptors (Lipinski definition) is 2. The molecule has 0 atom stereocenters. The molecule has 0 aliphatic rings. The minimum Gasteiger partial charge on any atom is -0.495 e. The fourth-order valence-corrected chi connectivity index (χ4v) is 2.61. The van der Waals surface area contributed by atoms with E-state index in [-0.39, 0.29) is 6.42 Å². The van der Waals surface area contributed by atoms with Crippen LogP contribution in [0.25, 0.3) is 0 Å². The Hall–Kier alpha value is -0.550. The normalized spacial score (nSPS) is 9.93. The summed E-state index contributed by atoms with van der Waals surface area (Å²) in [6.45, 7) is 0. The van der Waals surface area contributed by atoms with Gasteiger partial charge in [-0.05, 0) is 28.1 Å². The van der Waals surface area contributed by atoms with Gasteiger partial charge in [-0.25, -0.2) is 0 Å². The van der Waals surface area contributed by atoms with Crippen LogP contribution in [0.3, 0.4) is 0 Å². The first kappa shape index (κ1) is 11.5. The molecule has 0 aliphatic heterocycles. The van der Waals surface area contributed by atoms with Gasteiger partial charge in [-0.15, -0.1) is 0 Å². The molecule has 1 N–H and O–H groups in total. The van der Waals surface area contributed by atoms with Crippen LogP contribution in [-0.4, -0.2) is 18.2 Å². The molecule has 0 radical (unpaired) electrons. The van der Waals surface area contributed by atoms with Gasteiger partial charge in [-0.1, -0.05) is 15.9 Å². The third kappa shape index (κ3) is 2.72. The largest absolute Gasteiger partial charge is 0.495 e. The summed E-state index contributed by atoms with van der Waals surface area (Å²) in [6.07, 6.45) is -0.0544. The Morgan fingerprint density at radius 2 is 2.14 bits per heavy atom. The molecule has 0 aliphatic carbocycles. The quantitative estimate of drug-likeness (QED) is 0.930. The summed E-state index contributed by atoms with van der Waals surface area (Å²) in [4.78, 5) is 10.6. The van der Waals surface area contributed by atoms with Gasteiger partial charge in [0.15, 0.2) is 0 Å². The van der Waals surface area contributed by atoms with Crippen LogP contribution >= 0.6 is 31.9 Å². The molecule has 3 nitrogen and oxygen atoms in total. The summed E-state index contributed by atoms with van der Waals surface area (Å²) < 4.78 is 6.66. The smallest absolute Gasteiger partial charge is 0.307 e. The van der Waals surface area contributed by atoms with E-state index in [0.29, 0.717) is 11.3 Å². The van der Waals surface area contributed by atoms with E-state index in [0.717, 1.165) is 8.95 Å². The second-order valence-corrected chi connectivity index (χ2v) is 4.42. The molecular formula is C9H8Br2O3. The van der Waals surface area contributed by atoms with Crippen LogP contribution in [0.2, 0.25) is 0 Å². The lowest BCUT2D eigenvalue weighted by molar-refractivity contribution is -0.136. The second-order valence-electron chi connectivity index (χ2n) is 2.65. The van der Waals surface area contributed by atoms with E-state index < -0.39 is 5.97 Å². The number of methoxy groups -OCH3 is 1. The SMILES string of the molecule is COc1c(Br)cc(Br)cc1CC(=O)O. The summed E-state index contributed by atoms with van der Waals surface area (Å²) in [7, 11) is 1.51. The van der Waals surface area contributed by atoms with Gasteiger partial charge in [0.2, 0.25) is 0 Å². The summed E-state index contributed by atoms with van der Waals surface area (Å²) in [5.41, 5.74) is 0.640. The van der Waals surface area contributed by atoms with Crippen molar-refractivity contribution in [3.05, 3.63) is 26.6 Å². The average molecular weight is 324 g/mol. The van der Waals surface area contributed by atoms with E-state index in [1.54, 1.807) is 6.07 Å². The zero-order chi connectivity index (χ0) is 10.7. The summed E-state index contributed by atoms with van der Waals surface area (Å²) in [5.74, 6) is -0.316. The zero-order valence-corrected chi connectivity index (χ0v) is 10.6. The molecule has 1 aromatic carbocycles. The van der Waals surface area contributed by atoms with Crippen molar-refractivity contribution in [3.8, 4) is 5.75 Å². The number of aliphatic carboxylic acids is 1. The van der Waals surface area contributed by atoms with Gasteiger partial charge in [-0.2, -0.15) is 0 Å². The molecule has 5 heteroatoms. The number of carboxylic acids is 1. The van der Waals surface area contributed by atoms with E-state index in [1.807, 2.05) is 6.07 Å². The maximum atomic E-state index is 10.6. The second kappa shape index (κ2) is 4.79. The van der Waals surface area contributed by atoms with Gasteiger partial charge in [0.25, 0.3) is 0 Å². The van der Waals surface area contributed by atoms with E-state index in [4.69, 9.17) is 9.84 Å². The predicted octanol–water partition coefficient (Wildman–Crippen LogP) is 2.85. The summed E-state index contributed by atoms with van der Waals surface area (Å²) >= 11 is 6.59. The van der Waals surface area contributed by atoms with Crippen LogP contribution in [-0.2, 0) is 11.2 Å². The summed E-state index contributed by atoms with van der Waals surface area (Å²) in [6, 6.07) is 3.54. The third-order valence-electron chi connectivity index (χ3n) is 1.63. The van der Waals surface area contributed by atoms with Gasteiger partial charge < -0.3 is 9.84 Å². The van der Waals surface area contributed by atoms with Gasteiger partial charge in [-0.3, -0.25) is 4.79 Å². The molecule has 0 unspecified atom stereocenters. The van der Waals surface area contributed by atoms with Gasteiger partial charge >= 0.3 is 5.97 Å². The number of carboxylic acid groups (broad SMARTS) is 1. The molecule has 76 valence electrons. The van der Waals surface area contributed by atoms with Gasteiger partial charge in [0.05, 0.1) is 18.0 Å². The van der Waals surface area contributed by atoms with Crippen molar-refractivity contribution in [2.24, 2.45) is 0 Å². The van der Waals surface area contributed by atoms with E-state index in [2.05, 4.69) is 31.9 Å². The van der Waals surface area contributed by atoms with Crippen LogP contribution in [0.1, 0.15) is 5.56 Å². The zero-order valence-electron chi connectivity index (χ0n) is 7.38. The molecule has 0 bridgehead atoms. The predicted molar refractivity (Wildman–Crippen MR) is 59.7 cm³/mol. The molecule has 0 amide bonds. The molecule has 0 spiro atoms. The number of halogens is 2. The van der Waals surface area contributed by atoms with E-state index >= 15 is 0 Å². The molecular weight excluding hydrogens is 316 g/mol.